The van der Waals surface area contributed by atoms with Gasteiger partial charge in [-0.2, -0.15) is 0 Å². The Hall–Kier alpha value is -1.91. The van der Waals surface area contributed by atoms with Crippen molar-refractivity contribution in [1.29, 1.82) is 0 Å². The highest BCUT2D eigenvalue weighted by Crippen LogP contribution is 2.22. The number of nitrogens with zero attached hydrogens (tertiary/aromatic N) is 1. The summed E-state index contributed by atoms with van der Waals surface area (Å²) in [5, 5.41) is 0. The summed E-state index contributed by atoms with van der Waals surface area (Å²) >= 11 is 0. The highest BCUT2D eigenvalue weighted by atomic mass is 19.1. The van der Waals surface area contributed by atoms with E-state index in [9.17, 15) is 14.0 Å². The van der Waals surface area contributed by atoms with E-state index < -0.39 is 5.60 Å². The maximum atomic E-state index is 13.0. The van der Waals surface area contributed by atoms with Gasteiger partial charge in [0.15, 0.2) is 0 Å². The largest absolute Gasteiger partial charge is 0.460 e. The summed E-state index contributed by atoms with van der Waals surface area (Å²) in [6, 6.07) is 6.56. The zero-order valence-corrected chi connectivity index (χ0v) is 15.4. The first-order valence-electron chi connectivity index (χ1n) is 8.97. The molecule has 1 aliphatic heterocycles. The van der Waals surface area contributed by atoms with Crippen LogP contribution < -0.4 is 0 Å². The minimum Gasteiger partial charge on any atom is -0.460 e. The van der Waals surface area contributed by atoms with Gasteiger partial charge >= 0.3 is 5.97 Å². The van der Waals surface area contributed by atoms with Crippen LogP contribution in [0.2, 0.25) is 0 Å². The minimum absolute atomic E-state index is 0.00895. The van der Waals surface area contributed by atoms with Gasteiger partial charge in [0, 0.05) is 19.5 Å². The summed E-state index contributed by atoms with van der Waals surface area (Å²) in [6.07, 6.45) is 3.18. The lowest BCUT2D eigenvalue weighted by molar-refractivity contribution is -0.156. The summed E-state index contributed by atoms with van der Waals surface area (Å²) in [5.74, 6) is -0.175. The van der Waals surface area contributed by atoms with Gasteiger partial charge in [-0.15, -0.1) is 0 Å². The molecule has 1 amide bonds. The van der Waals surface area contributed by atoms with Crippen LogP contribution in [0.25, 0.3) is 0 Å². The van der Waals surface area contributed by atoms with Gasteiger partial charge < -0.3 is 9.64 Å². The van der Waals surface area contributed by atoms with Gasteiger partial charge in [0.25, 0.3) is 0 Å². The van der Waals surface area contributed by atoms with Gasteiger partial charge in [0.1, 0.15) is 11.4 Å². The lowest BCUT2D eigenvalue weighted by atomic mass is 9.91. The second kappa shape index (κ2) is 8.45. The van der Waals surface area contributed by atoms with Crippen LogP contribution in [0.5, 0.6) is 0 Å². The van der Waals surface area contributed by atoms with E-state index >= 15 is 0 Å². The molecular weight excluding hydrogens is 321 g/mol. The number of hydrogen-bond donors (Lipinski definition) is 0. The maximum absolute atomic E-state index is 13.0. The molecular formula is C20H28FNO3. The summed E-state index contributed by atoms with van der Waals surface area (Å²) in [5.41, 5.74) is 0.570. The second-order valence-corrected chi connectivity index (χ2v) is 7.77. The Morgan fingerprint density at radius 2 is 1.88 bits per heavy atom. The van der Waals surface area contributed by atoms with Crippen molar-refractivity contribution in [2.24, 2.45) is 5.92 Å². The number of carbonyl (C=O) groups excluding carboxylic acids is 2. The third-order valence-electron chi connectivity index (χ3n) is 4.27. The molecule has 1 saturated heterocycles. The molecule has 25 heavy (non-hydrogen) atoms. The maximum Gasteiger partial charge on any atom is 0.306 e. The number of carbonyl (C=O) groups is 2. The molecule has 1 heterocycles. The number of hydrogen-bond acceptors (Lipinski definition) is 3. The van der Waals surface area contributed by atoms with E-state index in [-0.39, 0.29) is 30.5 Å². The molecule has 5 heteroatoms. The van der Waals surface area contributed by atoms with E-state index in [2.05, 4.69) is 0 Å². The van der Waals surface area contributed by atoms with Crippen LogP contribution in [0.3, 0.4) is 0 Å². The molecule has 1 fully saturated rings. The molecule has 1 aromatic rings. The number of rotatable bonds is 5. The summed E-state index contributed by atoms with van der Waals surface area (Å²) in [7, 11) is 0. The molecule has 0 radical (unpaired) electrons. The van der Waals surface area contributed by atoms with Crippen molar-refractivity contribution < 1.29 is 18.7 Å². The third kappa shape index (κ3) is 6.85. The minimum atomic E-state index is -0.522. The van der Waals surface area contributed by atoms with Gasteiger partial charge in [0.05, 0.1) is 6.42 Å². The predicted octanol–water partition coefficient (Wildman–Crippen LogP) is 3.73. The van der Waals surface area contributed by atoms with Crippen LogP contribution in [0.1, 0.15) is 52.0 Å². The normalized spacial score (nSPS) is 18.1. The van der Waals surface area contributed by atoms with Crippen molar-refractivity contribution in [2.75, 3.05) is 13.1 Å². The Bertz CT molecular complexity index is 592. The monoisotopic (exact) mass is 349 g/mol. The number of esters is 1. The average molecular weight is 349 g/mol. The van der Waals surface area contributed by atoms with Crippen molar-refractivity contribution in [3.05, 3.63) is 35.6 Å². The third-order valence-corrected chi connectivity index (χ3v) is 4.27. The van der Waals surface area contributed by atoms with Crippen molar-refractivity contribution in [2.45, 2.75) is 58.5 Å². The predicted molar refractivity (Wildman–Crippen MR) is 94.5 cm³/mol. The summed E-state index contributed by atoms with van der Waals surface area (Å²) in [6.45, 7) is 6.89. The van der Waals surface area contributed by atoms with Gasteiger partial charge in [-0.3, -0.25) is 9.59 Å². The molecule has 0 bridgehead atoms. The fraction of sp³-hybridized carbons (Fsp3) is 0.600. The van der Waals surface area contributed by atoms with E-state index in [0.29, 0.717) is 12.5 Å². The molecule has 4 nitrogen and oxygen atoms in total. The Labute approximate surface area is 149 Å². The number of benzene rings is 1. The first-order chi connectivity index (χ1) is 11.7. The Kier molecular flexibility index (Phi) is 6.57. The Morgan fingerprint density at radius 3 is 2.52 bits per heavy atom. The first kappa shape index (κ1) is 19.4. The fourth-order valence-corrected chi connectivity index (χ4v) is 3.17. The second-order valence-electron chi connectivity index (χ2n) is 7.77. The van der Waals surface area contributed by atoms with Crippen LogP contribution in [-0.2, 0) is 20.7 Å². The Morgan fingerprint density at radius 1 is 1.20 bits per heavy atom. The number of amides is 1. The van der Waals surface area contributed by atoms with Crippen LogP contribution in [0.4, 0.5) is 4.39 Å². The van der Waals surface area contributed by atoms with Gasteiger partial charge in [-0.05, 0) is 63.6 Å². The zero-order chi connectivity index (χ0) is 18.4. The van der Waals surface area contributed by atoms with E-state index in [1.165, 1.54) is 12.1 Å². The fourth-order valence-electron chi connectivity index (χ4n) is 3.17. The molecule has 0 N–H and O–H groups in total. The van der Waals surface area contributed by atoms with Crippen molar-refractivity contribution >= 4 is 11.9 Å². The Balaban J connectivity index is 1.80. The molecule has 1 aromatic carbocycles. The topological polar surface area (TPSA) is 46.6 Å². The highest BCUT2D eigenvalue weighted by molar-refractivity contribution is 5.81. The first-order valence-corrected chi connectivity index (χ1v) is 8.97. The van der Waals surface area contributed by atoms with Gasteiger partial charge in [0.2, 0.25) is 5.91 Å². The quantitative estimate of drug-likeness (QED) is 0.761. The number of piperidine rings is 1. The van der Waals surface area contributed by atoms with Crippen molar-refractivity contribution in [1.82, 2.24) is 4.90 Å². The number of halogens is 1. The summed E-state index contributed by atoms with van der Waals surface area (Å²) < 4.78 is 18.2. The SMILES string of the molecule is CC(C)(C)OC(=O)CCC(=O)N1CCC[C@@H](Cc2ccc(F)cc2)C1. The van der Waals surface area contributed by atoms with Crippen LogP contribution in [-0.4, -0.2) is 35.5 Å². The van der Waals surface area contributed by atoms with Crippen molar-refractivity contribution in [3.63, 3.8) is 0 Å². The van der Waals surface area contributed by atoms with E-state index in [0.717, 1.165) is 31.4 Å². The average Bonchev–Trinajstić information content (AvgIpc) is 2.53. The lowest BCUT2D eigenvalue weighted by Gasteiger charge is -2.33. The smallest absolute Gasteiger partial charge is 0.306 e. The van der Waals surface area contributed by atoms with E-state index in [1.807, 2.05) is 25.7 Å². The van der Waals surface area contributed by atoms with Crippen LogP contribution in [0, 0.1) is 11.7 Å². The van der Waals surface area contributed by atoms with E-state index in [1.54, 1.807) is 12.1 Å². The standard InChI is InChI=1S/C20H28FNO3/c1-20(2,3)25-19(24)11-10-18(23)22-12-4-5-16(14-22)13-15-6-8-17(21)9-7-15/h6-9,16H,4-5,10-14H2,1-3H3/t16-/m0/s1. The van der Waals surface area contributed by atoms with Gasteiger partial charge in [-0.25, -0.2) is 4.39 Å². The zero-order valence-electron chi connectivity index (χ0n) is 15.4. The van der Waals surface area contributed by atoms with E-state index in [4.69, 9.17) is 4.74 Å². The number of likely N-dealkylation sites (tertiary alicyclic amines) is 1. The molecule has 0 saturated carbocycles. The number of ether oxygens (including phenoxy) is 1. The van der Waals surface area contributed by atoms with Crippen LogP contribution in [0.15, 0.2) is 24.3 Å². The van der Waals surface area contributed by atoms with Crippen LogP contribution >= 0.6 is 0 Å². The molecule has 1 aliphatic rings. The van der Waals surface area contributed by atoms with Crippen molar-refractivity contribution in [3.8, 4) is 0 Å². The molecule has 1 atom stereocenters. The molecule has 0 unspecified atom stereocenters. The molecule has 0 aliphatic carbocycles. The molecule has 2 rings (SSSR count). The molecule has 0 spiro atoms. The molecule has 0 aromatic heterocycles. The molecule has 138 valence electrons. The van der Waals surface area contributed by atoms with Gasteiger partial charge in [-0.1, -0.05) is 12.1 Å². The summed E-state index contributed by atoms with van der Waals surface area (Å²) in [4.78, 5) is 26.0. The highest BCUT2D eigenvalue weighted by Gasteiger charge is 2.25. The lowest BCUT2D eigenvalue weighted by Crippen LogP contribution is -2.40.